The summed E-state index contributed by atoms with van der Waals surface area (Å²) < 4.78 is 5.57. The van der Waals surface area contributed by atoms with E-state index in [0.29, 0.717) is 12.0 Å². The summed E-state index contributed by atoms with van der Waals surface area (Å²) in [6.45, 7) is 5.00. The van der Waals surface area contributed by atoms with Crippen LogP contribution in [0.15, 0.2) is 0 Å². The molecule has 0 aromatic rings. The van der Waals surface area contributed by atoms with Gasteiger partial charge in [-0.2, -0.15) is 0 Å². The molecule has 1 saturated carbocycles. The first kappa shape index (κ1) is 11.4. The molecule has 5 heteroatoms. The minimum atomic E-state index is 0.136. The second-order valence-corrected chi connectivity index (χ2v) is 5.49. The summed E-state index contributed by atoms with van der Waals surface area (Å²) in [5.41, 5.74) is 0.301. The Hall–Kier alpha value is -0.650. The van der Waals surface area contributed by atoms with E-state index in [9.17, 15) is 4.79 Å². The highest BCUT2D eigenvalue weighted by Gasteiger charge is 2.54. The quantitative estimate of drug-likeness (QED) is 0.597. The highest BCUT2D eigenvalue weighted by molar-refractivity contribution is 5.80. The van der Waals surface area contributed by atoms with Gasteiger partial charge in [-0.05, 0) is 18.3 Å². The molecule has 0 radical (unpaired) electrons. The Kier molecular flexibility index (Phi) is 3.06. The van der Waals surface area contributed by atoms with Crippen molar-refractivity contribution in [1.82, 2.24) is 16.0 Å². The van der Waals surface area contributed by atoms with E-state index in [1.54, 1.807) is 0 Å². The van der Waals surface area contributed by atoms with Gasteiger partial charge in [-0.1, -0.05) is 0 Å². The van der Waals surface area contributed by atoms with Gasteiger partial charge < -0.3 is 20.7 Å². The molecule has 17 heavy (non-hydrogen) atoms. The van der Waals surface area contributed by atoms with Crippen LogP contribution in [-0.2, 0) is 9.53 Å². The van der Waals surface area contributed by atoms with Crippen LogP contribution in [0.2, 0.25) is 0 Å². The van der Waals surface area contributed by atoms with Crippen LogP contribution < -0.4 is 16.0 Å². The first-order valence-corrected chi connectivity index (χ1v) is 6.61. The van der Waals surface area contributed by atoms with Gasteiger partial charge >= 0.3 is 0 Å². The van der Waals surface area contributed by atoms with Crippen LogP contribution in [-0.4, -0.2) is 51.3 Å². The topological polar surface area (TPSA) is 62.4 Å². The maximum atomic E-state index is 12.1. The van der Waals surface area contributed by atoms with Crippen molar-refractivity contribution in [2.45, 2.75) is 18.9 Å². The highest BCUT2D eigenvalue weighted by Crippen LogP contribution is 2.53. The van der Waals surface area contributed by atoms with Gasteiger partial charge in [-0.3, -0.25) is 4.79 Å². The molecule has 2 aliphatic heterocycles. The largest absolute Gasteiger partial charge is 0.374 e. The normalized spacial score (nSPS) is 34.8. The minimum absolute atomic E-state index is 0.136. The number of ether oxygens (including phenoxy) is 1. The Bertz CT molecular complexity index is 298. The van der Waals surface area contributed by atoms with E-state index in [4.69, 9.17) is 4.74 Å². The zero-order valence-electron chi connectivity index (χ0n) is 10.1. The number of amides is 1. The molecule has 2 saturated heterocycles. The highest BCUT2D eigenvalue weighted by atomic mass is 16.5. The van der Waals surface area contributed by atoms with Crippen LogP contribution in [0.4, 0.5) is 0 Å². The van der Waals surface area contributed by atoms with Crippen LogP contribution in [0.25, 0.3) is 0 Å². The number of carbonyl (C=O) groups is 1. The van der Waals surface area contributed by atoms with Gasteiger partial charge in [0.2, 0.25) is 5.91 Å². The van der Waals surface area contributed by atoms with Gasteiger partial charge in [0.05, 0.1) is 18.6 Å². The van der Waals surface area contributed by atoms with Crippen LogP contribution in [0, 0.1) is 11.3 Å². The third-order valence-corrected chi connectivity index (χ3v) is 4.28. The van der Waals surface area contributed by atoms with E-state index in [2.05, 4.69) is 16.0 Å². The molecule has 3 fully saturated rings. The molecule has 1 unspecified atom stereocenters. The minimum Gasteiger partial charge on any atom is -0.374 e. The Morgan fingerprint density at radius 3 is 2.94 bits per heavy atom. The molecule has 3 N–H and O–H groups in total. The third kappa shape index (κ3) is 2.32. The van der Waals surface area contributed by atoms with E-state index in [1.165, 1.54) is 12.8 Å². The number of hydrogen-bond donors (Lipinski definition) is 3. The lowest BCUT2D eigenvalue weighted by Gasteiger charge is -2.25. The van der Waals surface area contributed by atoms with Crippen molar-refractivity contribution >= 4 is 5.91 Å². The fraction of sp³-hybridized carbons (Fsp3) is 0.917. The summed E-state index contributed by atoms with van der Waals surface area (Å²) in [5.74, 6) is 0.390. The standard InChI is InChI=1S/C12H21N3O2/c16-11(10-7-14-8-12(10)1-2-12)15-6-9-5-13-3-4-17-9/h9-10,13-14H,1-8H2,(H,15,16)/t9-,10?/m0/s1. The molecule has 1 aliphatic carbocycles. The smallest absolute Gasteiger partial charge is 0.225 e. The molecule has 1 spiro atoms. The van der Waals surface area contributed by atoms with Crippen molar-refractivity contribution in [3.8, 4) is 0 Å². The molecule has 2 heterocycles. The van der Waals surface area contributed by atoms with Gasteiger partial charge in [0.15, 0.2) is 0 Å². The van der Waals surface area contributed by atoms with Crippen molar-refractivity contribution in [3.63, 3.8) is 0 Å². The lowest BCUT2D eigenvalue weighted by atomic mass is 9.92. The summed E-state index contributed by atoms with van der Waals surface area (Å²) in [6.07, 6.45) is 2.55. The van der Waals surface area contributed by atoms with E-state index in [0.717, 1.165) is 32.8 Å². The van der Waals surface area contributed by atoms with Gasteiger partial charge in [0.25, 0.3) is 0 Å². The molecule has 0 bridgehead atoms. The molecule has 5 nitrogen and oxygen atoms in total. The lowest BCUT2D eigenvalue weighted by Crippen LogP contribution is -2.47. The maximum absolute atomic E-state index is 12.1. The molecule has 3 aliphatic rings. The predicted molar refractivity (Wildman–Crippen MR) is 63.6 cm³/mol. The molecule has 0 aromatic carbocycles. The number of morpholine rings is 1. The van der Waals surface area contributed by atoms with Crippen molar-refractivity contribution in [2.75, 3.05) is 39.3 Å². The van der Waals surface area contributed by atoms with Crippen molar-refractivity contribution in [1.29, 1.82) is 0 Å². The van der Waals surface area contributed by atoms with Crippen LogP contribution in [0.1, 0.15) is 12.8 Å². The Morgan fingerprint density at radius 2 is 2.24 bits per heavy atom. The fourth-order valence-electron chi connectivity index (χ4n) is 2.95. The van der Waals surface area contributed by atoms with Gasteiger partial charge in [0, 0.05) is 32.7 Å². The number of carbonyl (C=O) groups excluding carboxylic acids is 1. The molecule has 1 amide bonds. The Balaban J connectivity index is 1.46. The van der Waals surface area contributed by atoms with Crippen LogP contribution in [0.5, 0.6) is 0 Å². The van der Waals surface area contributed by atoms with E-state index >= 15 is 0 Å². The van der Waals surface area contributed by atoms with Gasteiger partial charge in [-0.15, -0.1) is 0 Å². The summed E-state index contributed by atoms with van der Waals surface area (Å²) >= 11 is 0. The summed E-state index contributed by atoms with van der Waals surface area (Å²) in [4.78, 5) is 12.1. The van der Waals surface area contributed by atoms with Crippen molar-refractivity contribution in [2.24, 2.45) is 11.3 Å². The molecule has 3 rings (SSSR count). The monoisotopic (exact) mass is 239 g/mol. The van der Waals surface area contributed by atoms with E-state index in [1.807, 2.05) is 0 Å². The first-order chi connectivity index (χ1) is 8.30. The predicted octanol–water partition coefficient (Wildman–Crippen LogP) is -0.909. The van der Waals surface area contributed by atoms with Crippen LogP contribution >= 0.6 is 0 Å². The summed E-state index contributed by atoms with van der Waals surface area (Å²) in [7, 11) is 0. The average molecular weight is 239 g/mol. The van der Waals surface area contributed by atoms with Crippen LogP contribution in [0.3, 0.4) is 0 Å². The molecular weight excluding hydrogens is 218 g/mol. The lowest BCUT2D eigenvalue weighted by molar-refractivity contribution is -0.126. The Morgan fingerprint density at radius 1 is 1.35 bits per heavy atom. The first-order valence-electron chi connectivity index (χ1n) is 6.61. The second-order valence-electron chi connectivity index (χ2n) is 5.49. The number of rotatable bonds is 3. The van der Waals surface area contributed by atoms with Gasteiger partial charge in [-0.25, -0.2) is 0 Å². The number of hydrogen-bond acceptors (Lipinski definition) is 4. The summed E-state index contributed by atoms with van der Waals surface area (Å²) in [5, 5.41) is 9.65. The number of nitrogens with one attached hydrogen (secondary N) is 3. The van der Waals surface area contributed by atoms with E-state index in [-0.39, 0.29) is 17.9 Å². The van der Waals surface area contributed by atoms with Crippen molar-refractivity contribution in [3.05, 3.63) is 0 Å². The molecule has 96 valence electrons. The maximum Gasteiger partial charge on any atom is 0.225 e. The zero-order chi connectivity index (χ0) is 11.7. The molecule has 0 aromatic heterocycles. The summed E-state index contributed by atoms with van der Waals surface area (Å²) in [6, 6.07) is 0. The average Bonchev–Trinajstić information content (AvgIpc) is 3.00. The van der Waals surface area contributed by atoms with Crippen molar-refractivity contribution < 1.29 is 9.53 Å². The fourth-order valence-corrected chi connectivity index (χ4v) is 2.95. The zero-order valence-corrected chi connectivity index (χ0v) is 10.1. The SMILES string of the molecule is O=C(NC[C@@H]1CNCCO1)C1CNCC12CC2. The van der Waals surface area contributed by atoms with E-state index < -0.39 is 0 Å². The third-order valence-electron chi connectivity index (χ3n) is 4.28. The molecule has 2 atom stereocenters. The second kappa shape index (κ2) is 4.55. The molecular formula is C12H21N3O2. The Labute approximate surface area is 102 Å². The van der Waals surface area contributed by atoms with Gasteiger partial charge in [0.1, 0.15) is 0 Å².